The highest BCUT2D eigenvalue weighted by molar-refractivity contribution is 5.72. The van der Waals surface area contributed by atoms with Crippen molar-refractivity contribution in [1.29, 1.82) is 0 Å². The Morgan fingerprint density at radius 3 is 2.63 bits per heavy atom. The minimum atomic E-state index is -0.702. The van der Waals surface area contributed by atoms with Gasteiger partial charge >= 0.3 is 6.09 Å². The van der Waals surface area contributed by atoms with Gasteiger partial charge in [0, 0.05) is 30.4 Å². The SMILES string of the molecule is O=C(Oc1ccccn1)N1CCc2ccccc2C1c1ccc(F)cc1F. The summed E-state index contributed by atoms with van der Waals surface area (Å²) in [6.45, 7) is 0.351. The predicted octanol–water partition coefficient (Wildman–Crippen LogP) is 4.51. The predicted molar refractivity (Wildman–Crippen MR) is 95.3 cm³/mol. The Kier molecular flexibility index (Phi) is 4.54. The van der Waals surface area contributed by atoms with Gasteiger partial charge in [0.05, 0.1) is 6.04 Å². The smallest absolute Gasteiger partial charge is 0.391 e. The molecule has 0 N–H and O–H groups in total. The second kappa shape index (κ2) is 7.15. The summed E-state index contributed by atoms with van der Waals surface area (Å²) < 4.78 is 33.3. The van der Waals surface area contributed by atoms with Crippen molar-refractivity contribution in [1.82, 2.24) is 9.88 Å². The maximum atomic E-state index is 14.6. The molecule has 136 valence electrons. The number of benzene rings is 2. The number of halogens is 2. The van der Waals surface area contributed by atoms with Crippen LogP contribution in [0, 0.1) is 11.6 Å². The third-order valence-corrected chi connectivity index (χ3v) is 4.60. The summed E-state index contributed by atoms with van der Waals surface area (Å²) >= 11 is 0. The Bertz CT molecular complexity index is 979. The number of carbonyl (C=O) groups is 1. The van der Waals surface area contributed by atoms with Crippen molar-refractivity contribution in [2.45, 2.75) is 12.5 Å². The van der Waals surface area contributed by atoms with Gasteiger partial charge in [0.1, 0.15) is 11.6 Å². The zero-order valence-electron chi connectivity index (χ0n) is 14.3. The second-order valence-electron chi connectivity index (χ2n) is 6.25. The molecule has 0 saturated heterocycles. The Balaban J connectivity index is 1.75. The molecular formula is C21H16F2N2O2. The van der Waals surface area contributed by atoms with E-state index < -0.39 is 23.8 Å². The number of carbonyl (C=O) groups excluding carboxylic acids is 1. The number of rotatable bonds is 2. The van der Waals surface area contributed by atoms with Crippen LogP contribution in [0.1, 0.15) is 22.7 Å². The summed E-state index contributed by atoms with van der Waals surface area (Å²) in [7, 11) is 0. The molecular weight excluding hydrogens is 350 g/mol. The lowest BCUT2D eigenvalue weighted by Gasteiger charge is -2.36. The van der Waals surface area contributed by atoms with Crippen molar-refractivity contribution in [2.24, 2.45) is 0 Å². The molecule has 4 rings (SSSR count). The number of aromatic nitrogens is 1. The first-order chi connectivity index (χ1) is 13.1. The van der Waals surface area contributed by atoms with Crippen molar-refractivity contribution < 1.29 is 18.3 Å². The molecule has 1 amide bonds. The van der Waals surface area contributed by atoms with Crippen LogP contribution in [0.2, 0.25) is 0 Å². The molecule has 3 aromatic rings. The van der Waals surface area contributed by atoms with Crippen molar-refractivity contribution in [3.63, 3.8) is 0 Å². The van der Waals surface area contributed by atoms with E-state index >= 15 is 0 Å². The van der Waals surface area contributed by atoms with E-state index in [0.717, 1.165) is 17.2 Å². The monoisotopic (exact) mass is 366 g/mol. The van der Waals surface area contributed by atoms with E-state index in [0.29, 0.717) is 13.0 Å². The van der Waals surface area contributed by atoms with Gasteiger partial charge in [0.2, 0.25) is 5.88 Å². The lowest BCUT2D eigenvalue weighted by molar-refractivity contribution is 0.133. The van der Waals surface area contributed by atoms with Crippen LogP contribution >= 0.6 is 0 Å². The number of fused-ring (bicyclic) bond motifs is 1. The van der Waals surface area contributed by atoms with Crippen LogP contribution in [0.4, 0.5) is 13.6 Å². The van der Waals surface area contributed by atoms with Gasteiger partial charge < -0.3 is 4.74 Å². The number of hydrogen-bond acceptors (Lipinski definition) is 3. The molecule has 1 atom stereocenters. The van der Waals surface area contributed by atoms with Crippen molar-refractivity contribution in [2.75, 3.05) is 6.54 Å². The van der Waals surface area contributed by atoms with Gasteiger partial charge in [-0.05, 0) is 29.7 Å². The minimum Gasteiger partial charge on any atom is -0.391 e. The summed E-state index contributed by atoms with van der Waals surface area (Å²) in [5, 5.41) is 0. The van der Waals surface area contributed by atoms with Gasteiger partial charge in [-0.1, -0.05) is 36.4 Å². The topological polar surface area (TPSA) is 42.4 Å². The van der Waals surface area contributed by atoms with Crippen LogP contribution < -0.4 is 4.74 Å². The van der Waals surface area contributed by atoms with Gasteiger partial charge in [0.15, 0.2) is 0 Å². The summed E-state index contributed by atoms with van der Waals surface area (Å²) in [5.74, 6) is -1.20. The fourth-order valence-corrected chi connectivity index (χ4v) is 3.38. The third-order valence-electron chi connectivity index (χ3n) is 4.60. The maximum absolute atomic E-state index is 14.6. The van der Waals surface area contributed by atoms with Gasteiger partial charge in [-0.25, -0.2) is 18.6 Å². The van der Waals surface area contributed by atoms with Crippen LogP contribution in [-0.4, -0.2) is 22.5 Å². The molecule has 1 unspecified atom stereocenters. The van der Waals surface area contributed by atoms with Gasteiger partial charge in [-0.2, -0.15) is 0 Å². The van der Waals surface area contributed by atoms with Crippen molar-refractivity contribution >= 4 is 6.09 Å². The van der Waals surface area contributed by atoms with Crippen LogP contribution in [0.5, 0.6) is 5.88 Å². The van der Waals surface area contributed by atoms with E-state index in [2.05, 4.69) is 4.98 Å². The largest absolute Gasteiger partial charge is 0.417 e. The van der Waals surface area contributed by atoms with Crippen LogP contribution in [0.15, 0.2) is 66.9 Å². The molecule has 0 spiro atoms. The highest BCUT2D eigenvalue weighted by Crippen LogP contribution is 2.36. The van der Waals surface area contributed by atoms with Gasteiger partial charge in [-0.15, -0.1) is 0 Å². The summed E-state index contributed by atoms with van der Waals surface area (Å²) in [5.41, 5.74) is 2.04. The van der Waals surface area contributed by atoms with E-state index in [1.165, 1.54) is 23.2 Å². The Morgan fingerprint density at radius 1 is 1.04 bits per heavy atom. The zero-order valence-corrected chi connectivity index (χ0v) is 14.3. The third kappa shape index (κ3) is 3.38. The fraction of sp³-hybridized carbons (Fsp3) is 0.143. The quantitative estimate of drug-likeness (QED) is 0.670. The molecule has 1 aliphatic rings. The number of ether oxygens (including phenoxy) is 1. The van der Waals surface area contributed by atoms with Gasteiger partial charge in [0.25, 0.3) is 0 Å². The molecule has 0 saturated carbocycles. The molecule has 0 fully saturated rings. The molecule has 4 nitrogen and oxygen atoms in total. The average Bonchev–Trinajstić information content (AvgIpc) is 2.68. The average molecular weight is 366 g/mol. The van der Waals surface area contributed by atoms with Crippen molar-refractivity contribution in [3.05, 3.63) is 95.2 Å². The molecule has 2 heterocycles. The van der Waals surface area contributed by atoms with Crippen LogP contribution in [0.25, 0.3) is 0 Å². The second-order valence-corrected chi connectivity index (χ2v) is 6.25. The highest BCUT2D eigenvalue weighted by atomic mass is 19.1. The first-order valence-electron chi connectivity index (χ1n) is 8.56. The lowest BCUT2D eigenvalue weighted by atomic mass is 9.88. The van der Waals surface area contributed by atoms with Crippen molar-refractivity contribution in [3.8, 4) is 5.88 Å². The number of hydrogen-bond donors (Lipinski definition) is 0. The van der Waals surface area contributed by atoms with E-state index in [1.807, 2.05) is 24.3 Å². The Morgan fingerprint density at radius 2 is 1.85 bits per heavy atom. The summed E-state index contributed by atoms with van der Waals surface area (Å²) in [6.07, 6.45) is 1.51. The molecule has 0 radical (unpaired) electrons. The molecule has 6 heteroatoms. The summed E-state index contributed by atoms with van der Waals surface area (Å²) in [6, 6.07) is 15.2. The number of nitrogens with zero attached hydrogens (tertiary/aromatic N) is 2. The molecule has 0 aliphatic carbocycles. The zero-order chi connectivity index (χ0) is 18.8. The Labute approximate surface area is 155 Å². The highest BCUT2D eigenvalue weighted by Gasteiger charge is 2.34. The minimum absolute atomic E-state index is 0.166. The van der Waals surface area contributed by atoms with E-state index in [1.54, 1.807) is 18.2 Å². The van der Waals surface area contributed by atoms with E-state index in [4.69, 9.17) is 4.74 Å². The maximum Gasteiger partial charge on any atom is 0.417 e. The van der Waals surface area contributed by atoms with E-state index in [9.17, 15) is 13.6 Å². The van der Waals surface area contributed by atoms with Crippen LogP contribution in [-0.2, 0) is 6.42 Å². The van der Waals surface area contributed by atoms with E-state index in [-0.39, 0.29) is 11.4 Å². The fourth-order valence-electron chi connectivity index (χ4n) is 3.38. The molecule has 1 aromatic heterocycles. The normalized spacial score (nSPS) is 15.9. The number of amides is 1. The standard InChI is InChI=1S/C21H16F2N2O2/c22-15-8-9-17(18(23)13-15)20-16-6-2-1-5-14(16)10-12-25(20)21(26)27-19-7-3-4-11-24-19/h1-9,11,13,20H,10,12H2. The first-order valence-corrected chi connectivity index (χ1v) is 8.56. The molecule has 2 aromatic carbocycles. The number of pyridine rings is 1. The van der Waals surface area contributed by atoms with Crippen LogP contribution in [0.3, 0.4) is 0 Å². The molecule has 1 aliphatic heterocycles. The summed E-state index contributed by atoms with van der Waals surface area (Å²) in [4.78, 5) is 18.2. The molecule has 0 bridgehead atoms. The lowest BCUT2D eigenvalue weighted by Crippen LogP contribution is -2.42. The van der Waals surface area contributed by atoms with Gasteiger partial charge in [-0.3, -0.25) is 4.90 Å². The Hall–Kier alpha value is -3.28. The molecule has 27 heavy (non-hydrogen) atoms. The first kappa shape index (κ1) is 17.1.